The molecule has 1 aromatic carbocycles. The molecule has 0 saturated heterocycles. The SMILES string of the molecule is CCCc1nc(C(=O)N[C@@H](CO)Cc2ccccc2)n[nH]1. The van der Waals surface area contributed by atoms with Crippen molar-refractivity contribution in [3.8, 4) is 0 Å². The number of amides is 1. The Kier molecular flexibility index (Phi) is 5.45. The van der Waals surface area contributed by atoms with Crippen LogP contribution in [0.15, 0.2) is 30.3 Å². The maximum atomic E-state index is 12.1. The molecule has 0 aliphatic carbocycles. The van der Waals surface area contributed by atoms with Crippen LogP contribution in [0.5, 0.6) is 0 Å². The number of aromatic amines is 1. The first kappa shape index (κ1) is 15.2. The predicted molar refractivity (Wildman–Crippen MR) is 78.9 cm³/mol. The minimum absolute atomic E-state index is 0.116. The summed E-state index contributed by atoms with van der Waals surface area (Å²) < 4.78 is 0. The lowest BCUT2D eigenvalue weighted by Crippen LogP contribution is -2.39. The Morgan fingerprint density at radius 2 is 2.14 bits per heavy atom. The molecule has 0 bridgehead atoms. The molecule has 0 aliphatic heterocycles. The van der Waals surface area contributed by atoms with E-state index in [-0.39, 0.29) is 24.4 Å². The molecule has 0 saturated carbocycles. The van der Waals surface area contributed by atoms with Gasteiger partial charge < -0.3 is 10.4 Å². The monoisotopic (exact) mass is 288 g/mol. The zero-order valence-corrected chi connectivity index (χ0v) is 12.0. The molecular formula is C15H20N4O2. The zero-order valence-electron chi connectivity index (χ0n) is 12.0. The van der Waals surface area contributed by atoms with Crippen LogP contribution in [0.2, 0.25) is 0 Å². The molecule has 1 aromatic heterocycles. The highest BCUT2D eigenvalue weighted by molar-refractivity contribution is 5.90. The molecule has 0 spiro atoms. The Hall–Kier alpha value is -2.21. The van der Waals surface area contributed by atoms with Crippen molar-refractivity contribution in [3.05, 3.63) is 47.5 Å². The first-order valence-electron chi connectivity index (χ1n) is 7.09. The van der Waals surface area contributed by atoms with Gasteiger partial charge in [-0.15, -0.1) is 5.10 Å². The van der Waals surface area contributed by atoms with E-state index in [0.29, 0.717) is 12.2 Å². The number of aromatic nitrogens is 3. The average molecular weight is 288 g/mol. The number of nitrogens with zero attached hydrogens (tertiary/aromatic N) is 2. The number of nitrogens with one attached hydrogen (secondary N) is 2. The van der Waals surface area contributed by atoms with Gasteiger partial charge in [-0.25, -0.2) is 4.98 Å². The number of rotatable bonds is 7. The Morgan fingerprint density at radius 3 is 2.81 bits per heavy atom. The van der Waals surface area contributed by atoms with Gasteiger partial charge in [0.1, 0.15) is 5.82 Å². The maximum Gasteiger partial charge on any atom is 0.291 e. The topological polar surface area (TPSA) is 90.9 Å². The number of benzene rings is 1. The first-order chi connectivity index (χ1) is 10.2. The maximum absolute atomic E-state index is 12.1. The molecular weight excluding hydrogens is 268 g/mol. The van der Waals surface area contributed by atoms with E-state index in [1.807, 2.05) is 37.3 Å². The van der Waals surface area contributed by atoms with Gasteiger partial charge in [-0.2, -0.15) is 0 Å². The molecule has 21 heavy (non-hydrogen) atoms. The Bertz CT molecular complexity index is 568. The van der Waals surface area contributed by atoms with Crippen LogP contribution in [0.3, 0.4) is 0 Å². The minimum atomic E-state index is -0.372. The second kappa shape index (κ2) is 7.54. The van der Waals surface area contributed by atoms with Crippen LogP contribution in [0.25, 0.3) is 0 Å². The lowest BCUT2D eigenvalue weighted by molar-refractivity contribution is 0.0906. The van der Waals surface area contributed by atoms with Crippen molar-refractivity contribution in [1.29, 1.82) is 0 Å². The van der Waals surface area contributed by atoms with Gasteiger partial charge in [0.25, 0.3) is 5.91 Å². The van der Waals surface area contributed by atoms with Crippen molar-refractivity contribution in [2.24, 2.45) is 0 Å². The van der Waals surface area contributed by atoms with Crippen LogP contribution >= 0.6 is 0 Å². The van der Waals surface area contributed by atoms with Crippen LogP contribution in [-0.2, 0) is 12.8 Å². The van der Waals surface area contributed by atoms with Gasteiger partial charge in [-0.1, -0.05) is 37.3 Å². The third-order valence-corrected chi connectivity index (χ3v) is 3.10. The second-order valence-corrected chi connectivity index (χ2v) is 4.90. The molecule has 1 heterocycles. The smallest absolute Gasteiger partial charge is 0.291 e. The molecule has 1 atom stereocenters. The van der Waals surface area contributed by atoms with E-state index in [9.17, 15) is 9.90 Å². The number of hydrogen-bond acceptors (Lipinski definition) is 4. The fraction of sp³-hybridized carbons (Fsp3) is 0.400. The largest absolute Gasteiger partial charge is 0.394 e. The molecule has 3 N–H and O–H groups in total. The summed E-state index contributed by atoms with van der Waals surface area (Å²) in [5.74, 6) is 0.444. The fourth-order valence-electron chi connectivity index (χ4n) is 2.06. The van der Waals surface area contributed by atoms with Gasteiger partial charge in [0.05, 0.1) is 12.6 Å². The van der Waals surface area contributed by atoms with Crippen molar-refractivity contribution >= 4 is 5.91 Å². The number of aryl methyl sites for hydroxylation is 1. The van der Waals surface area contributed by atoms with Crippen LogP contribution in [0, 0.1) is 0 Å². The summed E-state index contributed by atoms with van der Waals surface area (Å²) >= 11 is 0. The Labute approximate surface area is 123 Å². The fourth-order valence-corrected chi connectivity index (χ4v) is 2.06. The van der Waals surface area contributed by atoms with Gasteiger partial charge in [-0.3, -0.25) is 9.89 Å². The number of hydrogen-bond donors (Lipinski definition) is 3. The average Bonchev–Trinajstić information content (AvgIpc) is 2.97. The number of aliphatic hydroxyl groups is 1. The van der Waals surface area contributed by atoms with Crippen LogP contribution in [-0.4, -0.2) is 38.8 Å². The van der Waals surface area contributed by atoms with Gasteiger partial charge in [0.2, 0.25) is 5.82 Å². The highest BCUT2D eigenvalue weighted by Crippen LogP contribution is 2.04. The standard InChI is InChI=1S/C15H20N4O2/c1-2-6-13-17-14(19-18-13)15(21)16-12(10-20)9-11-7-4-3-5-8-11/h3-5,7-8,12,20H,2,6,9-10H2,1H3,(H,16,21)(H,17,18,19)/t12-/m1/s1. The number of carbonyl (C=O) groups excluding carboxylic acids is 1. The second-order valence-electron chi connectivity index (χ2n) is 4.90. The van der Waals surface area contributed by atoms with Crippen molar-refractivity contribution in [2.75, 3.05) is 6.61 Å². The molecule has 6 heteroatoms. The summed E-state index contributed by atoms with van der Waals surface area (Å²) in [5, 5.41) is 18.8. The van der Waals surface area contributed by atoms with Gasteiger partial charge in [0.15, 0.2) is 0 Å². The van der Waals surface area contributed by atoms with E-state index in [2.05, 4.69) is 20.5 Å². The summed E-state index contributed by atoms with van der Waals surface area (Å²) in [6, 6.07) is 9.35. The summed E-state index contributed by atoms with van der Waals surface area (Å²) in [7, 11) is 0. The minimum Gasteiger partial charge on any atom is -0.394 e. The number of aliphatic hydroxyl groups excluding tert-OH is 1. The lowest BCUT2D eigenvalue weighted by atomic mass is 10.1. The van der Waals surface area contributed by atoms with Crippen LogP contribution in [0.1, 0.15) is 35.4 Å². The van der Waals surface area contributed by atoms with E-state index in [4.69, 9.17) is 0 Å². The van der Waals surface area contributed by atoms with E-state index < -0.39 is 0 Å². The molecule has 0 fully saturated rings. The van der Waals surface area contributed by atoms with Crippen molar-refractivity contribution < 1.29 is 9.90 Å². The molecule has 112 valence electrons. The molecule has 0 aliphatic rings. The summed E-state index contributed by atoms with van der Waals surface area (Å²) in [5.41, 5.74) is 1.05. The molecule has 6 nitrogen and oxygen atoms in total. The third-order valence-electron chi connectivity index (χ3n) is 3.10. The van der Waals surface area contributed by atoms with E-state index in [1.165, 1.54) is 0 Å². The molecule has 0 radical (unpaired) electrons. The van der Waals surface area contributed by atoms with Crippen molar-refractivity contribution in [2.45, 2.75) is 32.2 Å². The van der Waals surface area contributed by atoms with Crippen molar-refractivity contribution in [3.63, 3.8) is 0 Å². The van der Waals surface area contributed by atoms with E-state index in [0.717, 1.165) is 18.4 Å². The highest BCUT2D eigenvalue weighted by atomic mass is 16.3. The number of H-pyrrole nitrogens is 1. The van der Waals surface area contributed by atoms with Crippen LogP contribution < -0.4 is 5.32 Å². The Morgan fingerprint density at radius 1 is 1.38 bits per heavy atom. The third kappa shape index (κ3) is 4.39. The van der Waals surface area contributed by atoms with E-state index >= 15 is 0 Å². The van der Waals surface area contributed by atoms with Gasteiger partial charge in [0, 0.05) is 6.42 Å². The predicted octanol–water partition coefficient (Wildman–Crippen LogP) is 1.09. The summed E-state index contributed by atoms with van der Waals surface area (Å²) in [4.78, 5) is 16.2. The Balaban J connectivity index is 1.95. The molecule has 2 aromatic rings. The van der Waals surface area contributed by atoms with Crippen molar-refractivity contribution in [1.82, 2.24) is 20.5 Å². The van der Waals surface area contributed by atoms with Crippen LogP contribution in [0.4, 0.5) is 0 Å². The zero-order chi connectivity index (χ0) is 15.1. The first-order valence-corrected chi connectivity index (χ1v) is 7.09. The number of carbonyl (C=O) groups is 1. The molecule has 2 rings (SSSR count). The van der Waals surface area contributed by atoms with Gasteiger partial charge in [-0.05, 0) is 18.4 Å². The summed E-state index contributed by atoms with van der Waals surface area (Å²) in [6.45, 7) is 1.90. The lowest BCUT2D eigenvalue weighted by Gasteiger charge is -2.15. The quantitative estimate of drug-likeness (QED) is 0.711. The van der Waals surface area contributed by atoms with E-state index in [1.54, 1.807) is 0 Å². The normalized spacial score (nSPS) is 12.1. The molecule has 0 unspecified atom stereocenters. The molecule has 1 amide bonds. The highest BCUT2D eigenvalue weighted by Gasteiger charge is 2.17. The van der Waals surface area contributed by atoms with Gasteiger partial charge >= 0.3 is 0 Å². The summed E-state index contributed by atoms with van der Waals surface area (Å²) in [6.07, 6.45) is 2.26.